The first kappa shape index (κ1) is 24.9. The van der Waals surface area contributed by atoms with Crippen LogP contribution in [0.25, 0.3) is 0 Å². The molecule has 1 aliphatic rings. The van der Waals surface area contributed by atoms with Gasteiger partial charge in [0.2, 0.25) is 0 Å². The van der Waals surface area contributed by atoms with Crippen LogP contribution in [-0.4, -0.2) is 5.78 Å². The number of carbonyl (C=O) groups is 1. The molecule has 192 valence electrons. The van der Waals surface area contributed by atoms with Gasteiger partial charge in [-0.05, 0) is 104 Å². The summed E-state index contributed by atoms with van der Waals surface area (Å²) in [5.74, 6) is 0.0952. The fourth-order valence-electron chi connectivity index (χ4n) is 5.60. The van der Waals surface area contributed by atoms with Crippen molar-refractivity contribution in [2.75, 3.05) is 4.90 Å². The van der Waals surface area contributed by atoms with Gasteiger partial charge in [-0.3, -0.25) is 4.79 Å². The SMILES string of the molecule is Cc1ccc(N(c2ccc(C)cc2)c2ccc3c(c2)CCc2ccc(C(=O)c4ccccc4)cc2CC3)cc1. The maximum Gasteiger partial charge on any atom is 0.193 e. The van der Waals surface area contributed by atoms with E-state index in [4.69, 9.17) is 0 Å². The van der Waals surface area contributed by atoms with Crippen molar-refractivity contribution in [1.29, 1.82) is 0 Å². The Hall–Kier alpha value is -4.43. The molecular formula is C37H33NO. The molecule has 5 aromatic carbocycles. The van der Waals surface area contributed by atoms with Gasteiger partial charge in [-0.25, -0.2) is 0 Å². The zero-order chi connectivity index (χ0) is 26.8. The molecule has 6 rings (SSSR count). The monoisotopic (exact) mass is 507 g/mol. The number of nitrogens with zero attached hydrogens (tertiary/aromatic N) is 1. The molecule has 0 spiro atoms. The fraction of sp³-hybridized carbons (Fsp3) is 0.162. The van der Waals surface area contributed by atoms with Gasteiger partial charge in [-0.15, -0.1) is 0 Å². The van der Waals surface area contributed by atoms with Gasteiger partial charge in [-0.2, -0.15) is 0 Å². The second-order valence-corrected chi connectivity index (χ2v) is 10.6. The van der Waals surface area contributed by atoms with Crippen LogP contribution in [0.5, 0.6) is 0 Å². The van der Waals surface area contributed by atoms with Gasteiger partial charge in [0.25, 0.3) is 0 Å². The number of carbonyl (C=O) groups excluding carboxylic acids is 1. The van der Waals surface area contributed by atoms with Gasteiger partial charge in [0.05, 0.1) is 0 Å². The number of ketones is 1. The molecule has 39 heavy (non-hydrogen) atoms. The van der Waals surface area contributed by atoms with Crippen LogP contribution in [0, 0.1) is 13.8 Å². The summed E-state index contributed by atoms with van der Waals surface area (Å²) in [5, 5.41) is 0. The molecule has 1 aliphatic carbocycles. The maximum absolute atomic E-state index is 13.1. The predicted octanol–water partition coefficient (Wildman–Crippen LogP) is 8.89. The van der Waals surface area contributed by atoms with E-state index < -0.39 is 0 Å². The van der Waals surface area contributed by atoms with Crippen LogP contribution in [0.1, 0.15) is 49.3 Å². The number of hydrogen-bond acceptors (Lipinski definition) is 2. The third kappa shape index (κ3) is 5.28. The van der Waals surface area contributed by atoms with Crippen LogP contribution in [0.15, 0.2) is 115 Å². The van der Waals surface area contributed by atoms with E-state index >= 15 is 0 Å². The Morgan fingerprint density at radius 1 is 0.487 bits per heavy atom. The summed E-state index contributed by atoms with van der Waals surface area (Å²) >= 11 is 0. The van der Waals surface area contributed by atoms with Crippen molar-refractivity contribution in [3.8, 4) is 0 Å². The van der Waals surface area contributed by atoms with Gasteiger partial charge in [0.1, 0.15) is 0 Å². The lowest BCUT2D eigenvalue weighted by molar-refractivity contribution is 0.103. The van der Waals surface area contributed by atoms with E-state index in [2.05, 4.69) is 97.6 Å². The molecule has 0 atom stereocenters. The smallest absolute Gasteiger partial charge is 0.193 e. The molecule has 0 bridgehead atoms. The average molecular weight is 508 g/mol. The lowest BCUT2D eigenvalue weighted by atomic mass is 9.87. The van der Waals surface area contributed by atoms with Gasteiger partial charge in [-0.1, -0.05) is 83.9 Å². The highest BCUT2D eigenvalue weighted by Gasteiger charge is 2.18. The molecule has 2 heteroatoms. The average Bonchev–Trinajstić information content (AvgIpc) is 2.96. The molecule has 0 amide bonds. The largest absolute Gasteiger partial charge is 0.310 e. The Kier molecular flexibility index (Phi) is 6.85. The molecule has 0 saturated heterocycles. The van der Waals surface area contributed by atoms with Crippen LogP contribution in [0.2, 0.25) is 0 Å². The Labute approximate surface area is 231 Å². The molecule has 0 heterocycles. The first-order valence-corrected chi connectivity index (χ1v) is 13.8. The minimum absolute atomic E-state index is 0.0952. The molecule has 0 unspecified atom stereocenters. The molecule has 0 aromatic heterocycles. The number of hydrogen-bond donors (Lipinski definition) is 0. The Balaban J connectivity index is 1.30. The molecule has 0 aliphatic heterocycles. The summed E-state index contributed by atoms with van der Waals surface area (Å²) < 4.78 is 0. The predicted molar refractivity (Wildman–Crippen MR) is 162 cm³/mol. The first-order chi connectivity index (χ1) is 19.0. The van der Waals surface area contributed by atoms with E-state index in [1.165, 1.54) is 39.1 Å². The molecule has 0 radical (unpaired) electrons. The third-order valence-corrected chi connectivity index (χ3v) is 7.86. The van der Waals surface area contributed by atoms with Crippen molar-refractivity contribution >= 4 is 22.8 Å². The topological polar surface area (TPSA) is 20.3 Å². The van der Waals surface area contributed by atoms with Crippen molar-refractivity contribution in [1.82, 2.24) is 0 Å². The molecule has 0 saturated carbocycles. The maximum atomic E-state index is 13.1. The second kappa shape index (κ2) is 10.7. The van der Waals surface area contributed by atoms with Gasteiger partial charge in [0.15, 0.2) is 5.78 Å². The highest BCUT2D eigenvalue weighted by Crippen LogP contribution is 2.36. The van der Waals surface area contributed by atoms with Gasteiger partial charge in [0, 0.05) is 28.2 Å². The Morgan fingerprint density at radius 2 is 0.974 bits per heavy atom. The quantitative estimate of drug-likeness (QED) is 0.221. The minimum atomic E-state index is 0.0952. The van der Waals surface area contributed by atoms with Crippen molar-refractivity contribution < 1.29 is 4.79 Å². The lowest BCUT2D eigenvalue weighted by Crippen LogP contribution is -2.13. The molecule has 5 aromatic rings. The molecule has 2 nitrogen and oxygen atoms in total. The van der Waals surface area contributed by atoms with Crippen molar-refractivity contribution in [3.63, 3.8) is 0 Å². The number of aryl methyl sites for hydroxylation is 6. The highest BCUT2D eigenvalue weighted by molar-refractivity contribution is 6.09. The van der Waals surface area contributed by atoms with Crippen LogP contribution in [0.3, 0.4) is 0 Å². The summed E-state index contributed by atoms with van der Waals surface area (Å²) in [7, 11) is 0. The minimum Gasteiger partial charge on any atom is -0.310 e. The Bertz CT molecular complexity index is 1570. The molecule has 0 fully saturated rings. The van der Waals surface area contributed by atoms with E-state index in [0.717, 1.165) is 48.2 Å². The molecule has 0 N–H and O–H groups in total. The van der Waals surface area contributed by atoms with Gasteiger partial charge < -0.3 is 4.90 Å². The number of anilines is 3. The van der Waals surface area contributed by atoms with Crippen LogP contribution in [-0.2, 0) is 25.7 Å². The van der Waals surface area contributed by atoms with Gasteiger partial charge >= 0.3 is 0 Å². The molecular weight excluding hydrogens is 474 g/mol. The summed E-state index contributed by atoms with van der Waals surface area (Å²) in [6.45, 7) is 4.26. The number of rotatable bonds is 5. The summed E-state index contributed by atoms with van der Waals surface area (Å²) in [5.41, 5.74) is 13.0. The van der Waals surface area contributed by atoms with Crippen molar-refractivity contribution in [2.45, 2.75) is 39.5 Å². The standard InChI is InChI=1S/C37H33NO/c1-26-8-19-34(20-9-26)38(35-21-10-27(2)11-22-35)36-23-18-29-12-15-31-24-33(37(39)30-6-4-3-5-7-30)17-14-28(31)13-16-32(29)25-36/h3-11,14,17-25H,12-13,15-16H2,1-2H3. The summed E-state index contributed by atoms with van der Waals surface area (Å²) in [4.78, 5) is 15.4. The summed E-state index contributed by atoms with van der Waals surface area (Å²) in [6.07, 6.45) is 3.87. The highest BCUT2D eigenvalue weighted by atomic mass is 16.1. The number of benzene rings is 5. The van der Waals surface area contributed by atoms with E-state index in [0.29, 0.717) is 0 Å². The normalized spacial score (nSPS) is 12.6. The second-order valence-electron chi connectivity index (χ2n) is 10.6. The zero-order valence-electron chi connectivity index (χ0n) is 22.7. The Morgan fingerprint density at radius 3 is 1.56 bits per heavy atom. The van der Waals surface area contributed by atoms with Crippen LogP contribution in [0.4, 0.5) is 17.1 Å². The van der Waals surface area contributed by atoms with Crippen LogP contribution >= 0.6 is 0 Å². The third-order valence-electron chi connectivity index (χ3n) is 7.86. The van der Waals surface area contributed by atoms with Crippen molar-refractivity contribution in [2.24, 2.45) is 0 Å². The van der Waals surface area contributed by atoms with Crippen molar-refractivity contribution in [3.05, 3.63) is 160 Å². The summed E-state index contributed by atoms with van der Waals surface area (Å²) in [6, 6.07) is 40.4. The van der Waals surface area contributed by atoms with E-state index in [1.807, 2.05) is 36.4 Å². The fourth-order valence-corrected chi connectivity index (χ4v) is 5.60. The number of fused-ring (bicyclic) bond motifs is 2. The van der Waals surface area contributed by atoms with E-state index in [9.17, 15) is 4.79 Å². The van der Waals surface area contributed by atoms with Crippen LogP contribution < -0.4 is 4.90 Å². The van der Waals surface area contributed by atoms with E-state index in [-0.39, 0.29) is 5.78 Å². The van der Waals surface area contributed by atoms with E-state index in [1.54, 1.807) is 0 Å². The zero-order valence-corrected chi connectivity index (χ0v) is 22.7. The first-order valence-electron chi connectivity index (χ1n) is 13.8. The lowest BCUT2D eigenvalue weighted by Gasteiger charge is -2.27.